The number of hydrogen-bond donors (Lipinski definition) is 2. The number of hydrogen-bond acceptors (Lipinski definition) is 3. The first-order valence-electron chi connectivity index (χ1n) is 7.94. The Labute approximate surface area is 130 Å². The molecule has 1 aliphatic heterocycles. The maximum Gasteiger partial charge on any atom is 0.246 e. The van der Waals surface area contributed by atoms with E-state index in [4.69, 9.17) is 0 Å². The summed E-state index contributed by atoms with van der Waals surface area (Å²) in [4.78, 5) is 28.3. The van der Waals surface area contributed by atoms with Crippen LogP contribution in [0.3, 0.4) is 0 Å². The van der Waals surface area contributed by atoms with Crippen molar-refractivity contribution in [3.05, 3.63) is 36.3 Å². The Bertz CT molecular complexity index is 577. The number of aromatic nitrogens is 1. The predicted molar refractivity (Wildman–Crippen MR) is 83.5 cm³/mol. The van der Waals surface area contributed by atoms with Crippen molar-refractivity contribution in [3.63, 3.8) is 0 Å². The molecule has 0 bridgehead atoms. The summed E-state index contributed by atoms with van der Waals surface area (Å²) in [7, 11) is 0. The van der Waals surface area contributed by atoms with E-state index in [0.717, 1.165) is 36.8 Å². The van der Waals surface area contributed by atoms with Gasteiger partial charge in [0.2, 0.25) is 11.8 Å². The van der Waals surface area contributed by atoms with Crippen molar-refractivity contribution in [2.75, 3.05) is 0 Å². The van der Waals surface area contributed by atoms with Gasteiger partial charge in [0.1, 0.15) is 6.04 Å². The van der Waals surface area contributed by atoms with Crippen molar-refractivity contribution >= 4 is 17.4 Å². The van der Waals surface area contributed by atoms with Crippen molar-refractivity contribution in [2.45, 2.75) is 44.6 Å². The normalized spacial score (nSPS) is 22.6. The van der Waals surface area contributed by atoms with Crippen LogP contribution in [0.1, 0.15) is 44.1 Å². The van der Waals surface area contributed by atoms with Gasteiger partial charge >= 0.3 is 0 Å². The molecule has 0 saturated heterocycles. The summed E-state index contributed by atoms with van der Waals surface area (Å²) in [5.41, 5.74) is 2.03. The van der Waals surface area contributed by atoms with Crippen LogP contribution >= 0.6 is 0 Å². The third-order valence-electron chi connectivity index (χ3n) is 4.47. The zero-order chi connectivity index (χ0) is 15.4. The Morgan fingerprint density at radius 2 is 1.91 bits per heavy atom. The monoisotopic (exact) mass is 299 g/mol. The Kier molecular flexibility index (Phi) is 4.51. The third kappa shape index (κ3) is 3.35. The lowest BCUT2D eigenvalue weighted by molar-refractivity contribution is -0.131. The molecule has 5 nitrogen and oxygen atoms in total. The van der Waals surface area contributed by atoms with Crippen LogP contribution in [0.2, 0.25) is 0 Å². The first kappa shape index (κ1) is 14.8. The first-order valence-corrected chi connectivity index (χ1v) is 7.94. The number of carbonyl (C=O) groups is 2. The molecule has 2 aliphatic rings. The zero-order valence-corrected chi connectivity index (χ0v) is 12.5. The summed E-state index contributed by atoms with van der Waals surface area (Å²) in [5.74, 6) is -0.0466. The van der Waals surface area contributed by atoms with Gasteiger partial charge in [0.05, 0.1) is 0 Å². The van der Waals surface area contributed by atoms with Crippen LogP contribution in [-0.2, 0) is 9.59 Å². The highest BCUT2D eigenvalue weighted by atomic mass is 16.2. The quantitative estimate of drug-likeness (QED) is 0.897. The minimum atomic E-state index is -0.484. The summed E-state index contributed by atoms with van der Waals surface area (Å²) in [6.45, 7) is 0. The molecular formula is C17H21N3O2. The maximum atomic E-state index is 12.3. The molecule has 0 aromatic carbocycles. The lowest BCUT2D eigenvalue weighted by atomic mass is 9.88. The van der Waals surface area contributed by atoms with Gasteiger partial charge < -0.3 is 10.6 Å². The van der Waals surface area contributed by atoms with E-state index < -0.39 is 6.04 Å². The zero-order valence-electron chi connectivity index (χ0n) is 12.5. The van der Waals surface area contributed by atoms with Crippen LogP contribution in [-0.4, -0.2) is 22.8 Å². The van der Waals surface area contributed by atoms with Crippen LogP contribution in [0, 0.1) is 5.92 Å². The van der Waals surface area contributed by atoms with Crippen LogP contribution in [0.5, 0.6) is 0 Å². The number of nitrogens with one attached hydrogen (secondary N) is 2. The average Bonchev–Trinajstić information content (AvgIpc) is 2.58. The Hall–Kier alpha value is -2.17. The molecule has 2 N–H and O–H groups in total. The van der Waals surface area contributed by atoms with Crippen molar-refractivity contribution in [3.8, 4) is 0 Å². The minimum absolute atomic E-state index is 0.0239. The molecule has 2 heterocycles. The highest BCUT2D eigenvalue weighted by molar-refractivity contribution is 5.93. The van der Waals surface area contributed by atoms with Gasteiger partial charge in [-0.25, -0.2) is 0 Å². The second kappa shape index (κ2) is 6.73. The summed E-state index contributed by atoms with van der Waals surface area (Å²) in [5, 5.41) is 5.68. The average molecular weight is 299 g/mol. The van der Waals surface area contributed by atoms with E-state index in [9.17, 15) is 9.59 Å². The number of rotatable bonds is 3. The van der Waals surface area contributed by atoms with Gasteiger partial charge in [-0.15, -0.1) is 0 Å². The summed E-state index contributed by atoms with van der Waals surface area (Å²) >= 11 is 0. The lowest BCUT2D eigenvalue weighted by Gasteiger charge is -2.27. The van der Waals surface area contributed by atoms with Crippen LogP contribution in [0.25, 0.3) is 5.57 Å². The molecule has 1 unspecified atom stereocenters. The second-order valence-corrected chi connectivity index (χ2v) is 6.01. The topological polar surface area (TPSA) is 71.1 Å². The fourth-order valence-electron chi connectivity index (χ4n) is 3.17. The molecule has 2 amide bonds. The van der Waals surface area contributed by atoms with E-state index in [0.29, 0.717) is 6.42 Å². The molecule has 116 valence electrons. The van der Waals surface area contributed by atoms with Crippen molar-refractivity contribution in [2.24, 2.45) is 5.92 Å². The van der Waals surface area contributed by atoms with Gasteiger partial charge in [0.15, 0.2) is 0 Å². The van der Waals surface area contributed by atoms with E-state index in [1.54, 1.807) is 18.6 Å². The van der Waals surface area contributed by atoms with Gasteiger partial charge in [0.25, 0.3) is 0 Å². The van der Waals surface area contributed by atoms with Crippen molar-refractivity contribution in [1.82, 2.24) is 15.6 Å². The van der Waals surface area contributed by atoms with E-state index >= 15 is 0 Å². The molecule has 1 aromatic heterocycles. The number of amides is 2. The largest absolute Gasteiger partial charge is 0.344 e. The van der Waals surface area contributed by atoms with Crippen LogP contribution in [0.15, 0.2) is 30.7 Å². The van der Waals surface area contributed by atoms with Crippen molar-refractivity contribution < 1.29 is 9.59 Å². The lowest BCUT2D eigenvalue weighted by Crippen LogP contribution is -2.49. The summed E-state index contributed by atoms with van der Waals surface area (Å²) in [6.07, 6.45) is 11.0. The number of carbonyl (C=O) groups excluding carboxylic acids is 2. The predicted octanol–water partition coefficient (Wildman–Crippen LogP) is 2.01. The standard InChI is InChI=1S/C17H21N3O2/c21-16(13-4-2-1-3-5-13)20-15-10-14(11-19-17(15)22)12-6-8-18-9-7-12/h6-9,11,13,15H,1-5,10H2,(H,19,22)(H,20,21). The molecular weight excluding hydrogens is 278 g/mol. The van der Waals surface area contributed by atoms with Gasteiger partial charge in [-0.05, 0) is 36.1 Å². The molecule has 1 aliphatic carbocycles. The number of nitrogens with zero attached hydrogens (tertiary/aromatic N) is 1. The molecule has 0 spiro atoms. The van der Waals surface area contributed by atoms with E-state index in [2.05, 4.69) is 15.6 Å². The number of pyridine rings is 1. The SMILES string of the molecule is O=C(NC1CC(c2ccncc2)=CNC1=O)C1CCCCC1. The van der Waals surface area contributed by atoms with Gasteiger partial charge in [0, 0.05) is 30.9 Å². The Morgan fingerprint density at radius 3 is 2.64 bits per heavy atom. The molecule has 5 heteroatoms. The van der Waals surface area contributed by atoms with E-state index in [1.807, 2.05) is 12.1 Å². The molecule has 22 heavy (non-hydrogen) atoms. The smallest absolute Gasteiger partial charge is 0.246 e. The van der Waals surface area contributed by atoms with Gasteiger partial charge in [-0.2, -0.15) is 0 Å². The molecule has 3 rings (SSSR count). The fourth-order valence-corrected chi connectivity index (χ4v) is 3.17. The second-order valence-electron chi connectivity index (χ2n) is 6.01. The third-order valence-corrected chi connectivity index (χ3v) is 4.47. The summed E-state index contributed by atoms with van der Waals surface area (Å²) in [6, 6.07) is 3.33. The first-order chi connectivity index (χ1) is 10.7. The molecule has 1 atom stereocenters. The Balaban J connectivity index is 1.65. The minimum Gasteiger partial charge on any atom is -0.344 e. The van der Waals surface area contributed by atoms with E-state index in [1.165, 1.54) is 6.42 Å². The highest BCUT2D eigenvalue weighted by Crippen LogP contribution is 2.25. The maximum absolute atomic E-state index is 12.3. The summed E-state index contributed by atoms with van der Waals surface area (Å²) < 4.78 is 0. The Morgan fingerprint density at radius 1 is 1.18 bits per heavy atom. The van der Waals surface area contributed by atoms with Crippen LogP contribution < -0.4 is 10.6 Å². The molecule has 1 saturated carbocycles. The van der Waals surface area contributed by atoms with Crippen molar-refractivity contribution in [1.29, 1.82) is 0 Å². The molecule has 1 aromatic rings. The van der Waals surface area contributed by atoms with Crippen LogP contribution in [0.4, 0.5) is 0 Å². The van der Waals surface area contributed by atoms with Gasteiger partial charge in [-0.3, -0.25) is 14.6 Å². The van der Waals surface area contributed by atoms with Gasteiger partial charge in [-0.1, -0.05) is 19.3 Å². The van der Waals surface area contributed by atoms with E-state index in [-0.39, 0.29) is 17.7 Å². The highest BCUT2D eigenvalue weighted by Gasteiger charge is 2.29. The fraction of sp³-hybridized carbons (Fsp3) is 0.471. The molecule has 1 fully saturated rings. The molecule has 0 radical (unpaired) electrons.